The lowest BCUT2D eigenvalue weighted by Gasteiger charge is -2.33. The van der Waals surface area contributed by atoms with Gasteiger partial charge in [-0.05, 0) is 84.3 Å². The van der Waals surface area contributed by atoms with E-state index in [0.717, 1.165) is 11.4 Å². The van der Waals surface area contributed by atoms with Crippen LogP contribution in [0.5, 0.6) is 5.75 Å². The smallest absolute Gasteiger partial charge is 0.410 e. The number of amides is 1. The van der Waals surface area contributed by atoms with Gasteiger partial charge in [0.15, 0.2) is 14.2 Å². The van der Waals surface area contributed by atoms with Gasteiger partial charge in [0.25, 0.3) is 0 Å². The van der Waals surface area contributed by atoms with E-state index in [0.29, 0.717) is 25.7 Å². The van der Waals surface area contributed by atoms with Crippen molar-refractivity contribution in [3.05, 3.63) is 24.3 Å². The number of benzene rings is 1. The van der Waals surface area contributed by atoms with Crippen molar-refractivity contribution in [2.75, 3.05) is 19.8 Å². The van der Waals surface area contributed by atoms with Crippen LogP contribution >= 0.6 is 0 Å². The first kappa shape index (κ1) is 28.2. The van der Waals surface area contributed by atoms with Crippen LogP contribution in [0, 0.1) is 0 Å². The molecule has 1 amide bonds. The quantitative estimate of drug-likeness (QED) is 0.218. The van der Waals surface area contributed by atoms with Crippen molar-refractivity contribution in [1.82, 2.24) is 4.90 Å². The molecule has 0 saturated carbocycles. The van der Waals surface area contributed by atoms with Crippen molar-refractivity contribution in [2.24, 2.45) is 4.99 Å². The van der Waals surface area contributed by atoms with Gasteiger partial charge in [0.1, 0.15) is 12.4 Å². The molecular formula is C23H42N2O5Si2. The van der Waals surface area contributed by atoms with Gasteiger partial charge in [0.2, 0.25) is 8.32 Å². The van der Waals surface area contributed by atoms with Crippen LogP contribution in [-0.4, -0.2) is 65.4 Å². The lowest BCUT2D eigenvalue weighted by Crippen LogP contribution is -2.47. The summed E-state index contributed by atoms with van der Waals surface area (Å²) in [5, 5.41) is 0. The van der Waals surface area contributed by atoms with Crippen LogP contribution in [0.1, 0.15) is 27.7 Å². The van der Waals surface area contributed by atoms with Crippen molar-refractivity contribution in [3.8, 4) is 5.75 Å². The van der Waals surface area contributed by atoms with Gasteiger partial charge in [0.05, 0.1) is 24.9 Å². The van der Waals surface area contributed by atoms with Gasteiger partial charge in [-0.2, -0.15) is 0 Å². The molecule has 1 unspecified atom stereocenters. The third-order valence-corrected chi connectivity index (χ3v) is 6.01. The molecule has 0 aliphatic carbocycles. The second kappa shape index (κ2) is 12.4. The van der Waals surface area contributed by atoms with Crippen molar-refractivity contribution < 1.29 is 23.1 Å². The Hall–Kier alpha value is -1.85. The predicted molar refractivity (Wildman–Crippen MR) is 136 cm³/mol. The van der Waals surface area contributed by atoms with Crippen LogP contribution in [0.15, 0.2) is 29.3 Å². The molecule has 0 bridgehead atoms. The van der Waals surface area contributed by atoms with Crippen LogP contribution < -0.4 is 4.74 Å². The minimum atomic E-state index is -1.85. The van der Waals surface area contributed by atoms with Gasteiger partial charge in [-0.3, -0.25) is 0 Å². The highest BCUT2D eigenvalue weighted by Gasteiger charge is 2.27. The number of hydrogen-bond donors (Lipinski definition) is 0. The fourth-order valence-corrected chi connectivity index (χ4v) is 5.07. The Morgan fingerprint density at radius 2 is 1.62 bits per heavy atom. The summed E-state index contributed by atoms with van der Waals surface area (Å²) < 4.78 is 23.5. The van der Waals surface area contributed by atoms with Gasteiger partial charge in [-0.15, -0.1) is 0 Å². The monoisotopic (exact) mass is 482 g/mol. The fourth-order valence-electron chi connectivity index (χ4n) is 3.00. The van der Waals surface area contributed by atoms with Gasteiger partial charge in [0, 0.05) is 13.0 Å². The van der Waals surface area contributed by atoms with E-state index in [4.69, 9.17) is 18.3 Å². The maximum Gasteiger partial charge on any atom is 0.410 e. The molecule has 0 aliphatic heterocycles. The standard InChI is InChI=1S/C23H42N2O5Si2/c1-11-27-23(26)25(18(2)3)16-22(30-32(8,9)10)17-28-21-14-12-20(13-15-21)24-19(4)29-31(5,6)7/h12-15,18,22H,11,16-17H2,1-10H3. The molecule has 0 saturated heterocycles. The Morgan fingerprint density at radius 3 is 2.09 bits per heavy atom. The van der Waals surface area contributed by atoms with Crippen LogP contribution in [0.2, 0.25) is 39.3 Å². The zero-order chi connectivity index (χ0) is 24.5. The molecule has 9 heteroatoms. The molecule has 32 heavy (non-hydrogen) atoms. The van der Waals surface area contributed by atoms with Crippen molar-refractivity contribution in [1.29, 1.82) is 0 Å². The lowest BCUT2D eigenvalue weighted by molar-refractivity contribution is 0.0519. The molecule has 7 nitrogen and oxygen atoms in total. The summed E-state index contributed by atoms with van der Waals surface area (Å²) in [4.78, 5) is 18.6. The lowest BCUT2D eigenvalue weighted by atomic mass is 10.2. The normalized spacial score (nSPS) is 13.7. The molecular weight excluding hydrogens is 440 g/mol. The van der Waals surface area contributed by atoms with E-state index in [1.54, 1.807) is 4.90 Å². The van der Waals surface area contributed by atoms with Gasteiger partial charge >= 0.3 is 6.09 Å². The summed E-state index contributed by atoms with van der Waals surface area (Å²) in [6, 6.07) is 7.58. The van der Waals surface area contributed by atoms with E-state index >= 15 is 0 Å². The Morgan fingerprint density at radius 1 is 1.03 bits per heavy atom. The number of rotatable bonds is 11. The van der Waals surface area contributed by atoms with Gasteiger partial charge < -0.3 is 23.2 Å². The van der Waals surface area contributed by atoms with Crippen molar-refractivity contribution >= 4 is 34.3 Å². The highest BCUT2D eigenvalue weighted by Crippen LogP contribution is 2.20. The molecule has 1 aromatic carbocycles. The first-order valence-corrected chi connectivity index (χ1v) is 18.1. The highest BCUT2D eigenvalue weighted by molar-refractivity contribution is 6.71. The molecule has 0 fully saturated rings. The molecule has 0 aliphatic rings. The molecule has 0 aromatic heterocycles. The third kappa shape index (κ3) is 11.7. The number of hydrogen-bond acceptors (Lipinski definition) is 6. The number of aliphatic imine (C=N–C) groups is 1. The largest absolute Gasteiger partial charge is 0.535 e. The van der Waals surface area contributed by atoms with E-state index in [-0.39, 0.29) is 18.2 Å². The molecule has 182 valence electrons. The summed E-state index contributed by atoms with van der Waals surface area (Å²) in [5.41, 5.74) is 0.816. The zero-order valence-corrected chi connectivity index (χ0v) is 23.5. The summed E-state index contributed by atoms with van der Waals surface area (Å²) in [6.07, 6.45) is -0.580. The van der Waals surface area contributed by atoms with E-state index in [2.05, 4.69) is 44.3 Å². The van der Waals surface area contributed by atoms with E-state index in [9.17, 15) is 4.79 Å². The summed E-state index contributed by atoms with van der Waals surface area (Å²) in [5.74, 6) is 1.40. The van der Waals surface area contributed by atoms with Crippen LogP contribution in [0.4, 0.5) is 10.5 Å². The summed E-state index contributed by atoms with van der Waals surface area (Å²) in [7, 11) is -3.52. The predicted octanol–water partition coefficient (Wildman–Crippen LogP) is 6.05. The minimum Gasteiger partial charge on any atom is -0.535 e. The summed E-state index contributed by atoms with van der Waals surface area (Å²) in [6.45, 7) is 21.5. The molecule has 1 aromatic rings. The van der Waals surface area contributed by atoms with E-state index in [1.807, 2.05) is 52.0 Å². The van der Waals surface area contributed by atoms with Crippen LogP contribution in [-0.2, 0) is 13.6 Å². The van der Waals surface area contributed by atoms with Gasteiger partial charge in [-0.1, -0.05) is 0 Å². The minimum absolute atomic E-state index is 0.000508. The van der Waals surface area contributed by atoms with Crippen LogP contribution in [0.25, 0.3) is 0 Å². The van der Waals surface area contributed by atoms with Gasteiger partial charge in [-0.25, -0.2) is 9.79 Å². The zero-order valence-electron chi connectivity index (χ0n) is 21.5. The molecule has 0 radical (unpaired) electrons. The molecule has 1 rings (SSSR count). The molecule has 0 N–H and O–H groups in total. The first-order chi connectivity index (χ1) is 14.7. The molecule has 0 heterocycles. The number of ether oxygens (including phenoxy) is 2. The average Bonchev–Trinajstić information content (AvgIpc) is 2.62. The third-order valence-electron chi connectivity index (χ3n) is 4.06. The maximum absolute atomic E-state index is 12.4. The summed E-state index contributed by atoms with van der Waals surface area (Å²) >= 11 is 0. The Labute approximate surface area is 196 Å². The van der Waals surface area contributed by atoms with E-state index in [1.165, 1.54) is 0 Å². The van der Waals surface area contributed by atoms with Crippen molar-refractivity contribution in [3.63, 3.8) is 0 Å². The Balaban J connectivity index is 2.85. The highest BCUT2D eigenvalue weighted by atomic mass is 28.4. The van der Waals surface area contributed by atoms with Crippen molar-refractivity contribution in [2.45, 2.75) is 79.1 Å². The topological polar surface area (TPSA) is 69.6 Å². The fraction of sp³-hybridized carbons (Fsp3) is 0.652. The van der Waals surface area contributed by atoms with E-state index < -0.39 is 16.6 Å². The second-order valence-electron chi connectivity index (χ2n) is 9.95. The number of nitrogens with zero attached hydrogens (tertiary/aromatic N) is 2. The Kier molecular flexibility index (Phi) is 10.9. The Bertz CT molecular complexity index is 740. The molecule has 0 spiro atoms. The number of carbonyl (C=O) groups excluding carboxylic acids is 1. The number of carbonyl (C=O) groups is 1. The second-order valence-corrected chi connectivity index (χ2v) is 18.8. The average molecular weight is 483 g/mol. The van der Waals surface area contributed by atoms with Crippen LogP contribution in [0.3, 0.4) is 0 Å². The maximum atomic E-state index is 12.4. The molecule has 1 atom stereocenters. The first-order valence-electron chi connectivity index (χ1n) is 11.3. The SMILES string of the molecule is CCOC(=O)N(CC(COc1ccc(N=C(C)O[Si](C)(C)C)cc1)O[Si](C)(C)C)C(C)C.